The summed E-state index contributed by atoms with van der Waals surface area (Å²) < 4.78 is 1.53. The first-order valence-corrected chi connectivity index (χ1v) is 6.62. The highest BCUT2D eigenvalue weighted by atomic mass is 16.4. The Morgan fingerprint density at radius 1 is 1.32 bits per heavy atom. The van der Waals surface area contributed by atoms with Crippen LogP contribution in [0.2, 0.25) is 0 Å². The summed E-state index contributed by atoms with van der Waals surface area (Å²) in [6.45, 7) is 2.46. The van der Waals surface area contributed by atoms with Crippen molar-refractivity contribution in [1.82, 2.24) is 9.78 Å². The predicted molar refractivity (Wildman–Crippen MR) is 72.3 cm³/mol. The van der Waals surface area contributed by atoms with E-state index in [1.54, 1.807) is 6.07 Å². The minimum atomic E-state index is -0.929. The monoisotopic (exact) mass is 256 g/mol. The van der Waals surface area contributed by atoms with Gasteiger partial charge in [-0.25, -0.2) is 4.79 Å². The molecule has 0 fully saturated rings. The van der Waals surface area contributed by atoms with Crippen LogP contribution in [-0.2, 0) is 19.4 Å². The van der Waals surface area contributed by atoms with Gasteiger partial charge in [0.2, 0.25) is 0 Å². The van der Waals surface area contributed by atoms with E-state index >= 15 is 0 Å². The van der Waals surface area contributed by atoms with Crippen LogP contribution in [0.1, 0.15) is 35.0 Å². The van der Waals surface area contributed by atoms with Crippen LogP contribution < -0.4 is 0 Å². The molecule has 0 saturated heterocycles. The smallest absolute Gasteiger partial charge is 0.354 e. The fraction of sp³-hybridized carbons (Fsp3) is 0.333. The maximum absolute atomic E-state index is 11.2. The lowest BCUT2D eigenvalue weighted by molar-refractivity contribution is 0.0683. The van der Waals surface area contributed by atoms with E-state index in [1.165, 1.54) is 22.2 Å². The SMILES string of the molecule is CCn1nc(-c2ccc3c(c2)CCC3)cc1C(=O)O. The predicted octanol–water partition coefficient (Wildman–Crippen LogP) is 2.76. The van der Waals surface area contributed by atoms with Crippen molar-refractivity contribution in [2.45, 2.75) is 32.7 Å². The Balaban J connectivity index is 2.04. The zero-order valence-electron chi connectivity index (χ0n) is 10.9. The number of hydrogen-bond acceptors (Lipinski definition) is 2. The van der Waals surface area contributed by atoms with Gasteiger partial charge in [-0.05, 0) is 49.4 Å². The number of aromatic nitrogens is 2. The van der Waals surface area contributed by atoms with Gasteiger partial charge in [-0.3, -0.25) is 4.68 Å². The van der Waals surface area contributed by atoms with Gasteiger partial charge in [0.05, 0.1) is 5.69 Å². The number of fused-ring (bicyclic) bond motifs is 1. The zero-order chi connectivity index (χ0) is 13.4. The van der Waals surface area contributed by atoms with E-state index in [1.807, 2.05) is 13.0 Å². The third-order valence-corrected chi connectivity index (χ3v) is 3.69. The van der Waals surface area contributed by atoms with Gasteiger partial charge in [0, 0.05) is 12.1 Å². The average Bonchev–Trinajstić information content (AvgIpc) is 3.04. The number of hydrogen-bond donors (Lipinski definition) is 1. The van der Waals surface area contributed by atoms with Crippen LogP contribution in [0.25, 0.3) is 11.3 Å². The number of aromatic carboxylic acids is 1. The second kappa shape index (κ2) is 4.53. The van der Waals surface area contributed by atoms with Crippen LogP contribution in [0, 0.1) is 0 Å². The molecule has 0 aliphatic heterocycles. The summed E-state index contributed by atoms with van der Waals surface area (Å²) in [7, 11) is 0. The van der Waals surface area contributed by atoms with E-state index < -0.39 is 5.97 Å². The lowest BCUT2D eigenvalue weighted by Crippen LogP contribution is -2.08. The molecule has 1 N–H and O–H groups in total. The topological polar surface area (TPSA) is 55.1 Å². The number of carboxylic acids is 1. The van der Waals surface area contributed by atoms with Crippen LogP contribution in [0.3, 0.4) is 0 Å². The van der Waals surface area contributed by atoms with Crippen LogP contribution in [0.5, 0.6) is 0 Å². The molecule has 0 unspecified atom stereocenters. The Kier molecular flexibility index (Phi) is 2.85. The number of nitrogens with zero attached hydrogens (tertiary/aromatic N) is 2. The van der Waals surface area contributed by atoms with Crippen molar-refractivity contribution in [3.8, 4) is 11.3 Å². The van der Waals surface area contributed by atoms with Gasteiger partial charge < -0.3 is 5.11 Å². The molecule has 0 radical (unpaired) electrons. The molecule has 2 aromatic rings. The lowest BCUT2D eigenvalue weighted by Gasteiger charge is -2.02. The summed E-state index contributed by atoms with van der Waals surface area (Å²) in [6.07, 6.45) is 3.48. The molecule has 1 heterocycles. The van der Waals surface area contributed by atoms with Crippen molar-refractivity contribution < 1.29 is 9.90 Å². The van der Waals surface area contributed by atoms with Crippen LogP contribution in [0.15, 0.2) is 24.3 Å². The Morgan fingerprint density at radius 3 is 2.79 bits per heavy atom. The molecule has 0 saturated carbocycles. The molecule has 98 valence electrons. The van der Waals surface area contributed by atoms with Gasteiger partial charge in [0.15, 0.2) is 0 Å². The summed E-state index contributed by atoms with van der Waals surface area (Å²) in [5.41, 5.74) is 4.79. The molecule has 4 heteroatoms. The quantitative estimate of drug-likeness (QED) is 0.918. The Hall–Kier alpha value is -2.10. The van der Waals surface area contributed by atoms with Crippen molar-refractivity contribution >= 4 is 5.97 Å². The number of rotatable bonds is 3. The normalized spacial score (nSPS) is 13.5. The van der Waals surface area contributed by atoms with E-state index in [-0.39, 0.29) is 5.69 Å². The molecule has 1 aromatic carbocycles. The Bertz CT molecular complexity index is 644. The van der Waals surface area contributed by atoms with Crippen LogP contribution in [-0.4, -0.2) is 20.9 Å². The van der Waals surface area contributed by atoms with Gasteiger partial charge in [0.25, 0.3) is 0 Å². The summed E-state index contributed by atoms with van der Waals surface area (Å²) >= 11 is 0. The van der Waals surface area contributed by atoms with Gasteiger partial charge in [0.1, 0.15) is 5.69 Å². The van der Waals surface area contributed by atoms with Gasteiger partial charge in [-0.15, -0.1) is 0 Å². The standard InChI is InChI=1S/C15H16N2O2/c1-2-17-14(15(18)19)9-13(16-17)12-7-6-10-4-3-5-11(10)8-12/h6-9H,2-5H2,1H3,(H,18,19). The van der Waals surface area contributed by atoms with E-state index in [4.69, 9.17) is 5.11 Å². The second-order valence-corrected chi connectivity index (χ2v) is 4.87. The number of carbonyl (C=O) groups is 1. The molecule has 1 aromatic heterocycles. The minimum absolute atomic E-state index is 0.248. The van der Waals surface area contributed by atoms with Crippen molar-refractivity contribution in [2.75, 3.05) is 0 Å². The molecule has 1 aliphatic rings. The molecule has 0 atom stereocenters. The second-order valence-electron chi connectivity index (χ2n) is 4.87. The maximum atomic E-state index is 11.2. The first kappa shape index (κ1) is 12.0. The molecular weight excluding hydrogens is 240 g/mol. The van der Waals surface area contributed by atoms with Crippen molar-refractivity contribution in [3.63, 3.8) is 0 Å². The number of carboxylic acid groups (broad SMARTS) is 1. The molecular formula is C15H16N2O2. The highest BCUT2D eigenvalue weighted by Crippen LogP contribution is 2.27. The third kappa shape index (κ3) is 2.03. The van der Waals surface area contributed by atoms with Crippen LogP contribution in [0.4, 0.5) is 0 Å². The molecule has 0 bridgehead atoms. The number of benzene rings is 1. The van der Waals surface area contributed by atoms with E-state index in [9.17, 15) is 4.79 Å². The van der Waals surface area contributed by atoms with Crippen LogP contribution >= 0.6 is 0 Å². The summed E-state index contributed by atoms with van der Waals surface area (Å²) in [4.78, 5) is 11.2. The molecule has 0 spiro atoms. The van der Waals surface area contributed by atoms with Gasteiger partial charge >= 0.3 is 5.97 Å². The summed E-state index contributed by atoms with van der Waals surface area (Å²) in [5.74, 6) is -0.929. The summed E-state index contributed by atoms with van der Waals surface area (Å²) in [5, 5.41) is 13.5. The summed E-state index contributed by atoms with van der Waals surface area (Å²) in [6, 6.07) is 7.99. The molecule has 1 aliphatic carbocycles. The van der Waals surface area contributed by atoms with E-state index in [2.05, 4.69) is 17.2 Å². The van der Waals surface area contributed by atoms with Gasteiger partial charge in [-0.1, -0.05) is 12.1 Å². The van der Waals surface area contributed by atoms with Gasteiger partial charge in [-0.2, -0.15) is 5.10 Å². The van der Waals surface area contributed by atoms with Crippen molar-refractivity contribution in [2.24, 2.45) is 0 Å². The maximum Gasteiger partial charge on any atom is 0.354 e. The first-order chi connectivity index (χ1) is 9.19. The Labute approximate surface area is 111 Å². The minimum Gasteiger partial charge on any atom is -0.477 e. The fourth-order valence-electron chi connectivity index (χ4n) is 2.70. The molecule has 19 heavy (non-hydrogen) atoms. The van der Waals surface area contributed by atoms with Crippen molar-refractivity contribution in [3.05, 3.63) is 41.1 Å². The highest BCUT2D eigenvalue weighted by Gasteiger charge is 2.16. The Morgan fingerprint density at radius 2 is 2.11 bits per heavy atom. The lowest BCUT2D eigenvalue weighted by atomic mass is 10.0. The third-order valence-electron chi connectivity index (χ3n) is 3.69. The first-order valence-electron chi connectivity index (χ1n) is 6.62. The van der Waals surface area contributed by atoms with Crippen molar-refractivity contribution in [1.29, 1.82) is 0 Å². The zero-order valence-corrected chi connectivity index (χ0v) is 10.9. The average molecular weight is 256 g/mol. The highest BCUT2D eigenvalue weighted by molar-refractivity contribution is 5.87. The molecule has 4 nitrogen and oxygen atoms in total. The molecule has 3 rings (SSSR count). The molecule has 0 amide bonds. The fourth-order valence-corrected chi connectivity index (χ4v) is 2.70. The van der Waals surface area contributed by atoms with E-state index in [0.717, 1.165) is 24.1 Å². The number of aryl methyl sites for hydroxylation is 3. The largest absolute Gasteiger partial charge is 0.477 e. The van der Waals surface area contributed by atoms with E-state index in [0.29, 0.717) is 6.54 Å².